The van der Waals surface area contributed by atoms with Crippen molar-refractivity contribution in [2.45, 2.75) is 25.7 Å². The molecule has 2 aromatic rings. The molecule has 0 saturated heterocycles. The van der Waals surface area contributed by atoms with E-state index in [0.717, 1.165) is 17.1 Å². The Bertz CT molecular complexity index is 531. The second-order valence-electron chi connectivity index (χ2n) is 4.10. The molecule has 0 atom stereocenters. The maximum absolute atomic E-state index is 6.08. The van der Waals surface area contributed by atoms with Crippen LogP contribution < -0.4 is 0 Å². The van der Waals surface area contributed by atoms with E-state index in [2.05, 4.69) is 15.2 Å². The van der Waals surface area contributed by atoms with Gasteiger partial charge in [0.05, 0.1) is 11.9 Å². The minimum absolute atomic E-state index is 0.415. The Balaban J connectivity index is 2.18. The average Bonchev–Trinajstić information content (AvgIpc) is 3.04. The third kappa shape index (κ3) is 1.50. The summed E-state index contributed by atoms with van der Waals surface area (Å²) in [5.74, 6) is 1.47. The lowest BCUT2D eigenvalue weighted by molar-refractivity contribution is 0.864. The van der Waals surface area contributed by atoms with E-state index in [1.807, 2.05) is 17.6 Å². The minimum Gasteiger partial charge on any atom is -0.268 e. The molecule has 0 aromatic carbocycles. The van der Waals surface area contributed by atoms with Crippen LogP contribution in [0.1, 0.15) is 30.1 Å². The van der Waals surface area contributed by atoms with Gasteiger partial charge in [-0.05, 0) is 43.0 Å². The maximum Gasteiger partial charge on any atom is 0.229 e. The zero-order valence-corrected chi connectivity index (χ0v) is 9.65. The van der Waals surface area contributed by atoms with E-state index in [1.54, 1.807) is 12.4 Å². The molecule has 1 aliphatic carbocycles. The van der Waals surface area contributed by atoms with E-state index in [4.69, 9.17) is 11.6 Å². The largest absolute Gasteiger partial charge is 0.268 e. The zero-order valence-electron chi connectivity index (χ0n) is 8.89. The summed E-state index contributed by atoms with van der Waals surface area (Å²) in [6.07, 6.45) is 5.92. The Hall–Kier alpha value is -1.42. The van der Waals surface area contributed by atoms with Gasteiger partial charge < -0.3 is 0 Å². The third-order valence-electron chi connectivity index (χ3n) is 2.84. The van der Waals surface area contributed by atoms with Crippen LogP contribution >= 0.6 is 11.6 Å². The number of pyridine rings is 1. The molecule has 0 unspecified atom stereocenters. The third-order valence-corrected chi connectivity index (χ3v) is 3.09. The van der Waals surface area contributed by atoms with Crippen molar-refractivity contribution in [1.82, 2.24) is 19.7 Å². The van der Waals surface area contributed by atoms with Crippen molar-refractivity contribution < 1.29 is 0 Å². The van der Waals surface area contributed by atoms with E-state index in [1.165, 1.54) is 12.8 Å². The molecule has 4 nitrogen and oxygen atoms in total. The number of nitrogens with zero attached hydrogens (tertiary/aromatic N) is 4. The fourth-order valence-electron chi connectivity index (χ4n) is 1.79. The van der Waals surface area contributed by atoms with Gasteiger partial charge in [0.15, 0.2) is 0 Å². The second-order valence-corrected chi connectivity index (χ2v) is 4.44. The number of halogens is 1. The van der Waals surface area contributed by atoms with E-state index in [0.29, 0.717) is 11.2 Å². The molecule has 0 spiro atoms. The predicted molar refractivity (Wildman–Crippen MR) is 60.9 cm³/mol. The Labute approximate surface area is 98.3 Å². The first-order chi connectivity index (χ1) is 7.77. The number of aryl methyl sites for hydroxylation is 1. The van der Waals surface area contributed by atoms with Crippen molar-refractivity contribution in [3.63, 3.8) is 0 Å². The Kier molecular flexibility index (Phi) is 2.17. The van der Waals surface area contributed by atoms with E-state index in [9.17, 15) is 0 Å². The van der Waals surface area contributed by atoms with Gasteiger partial charge in [0, 0.05) is 12.1 Å². The van der Waals surface area contributed by atoms with Gasteiger partial charge in [0.1, 0.15) is 5.82 Å². The van der Waals surface area contributed by atoms with Gasteiger partial charge in [-0.25, -0.2) is 0 Å². The molecule has 0 bridgehead atoms. The first-order valence-electron chi connectivity index (χ1n) is 5.29. The van der Waals surface area contributed by atoms with Gasteiger partial charge >= 0.3 is 0 Å². The maximum atomic E-state index is 6.08. The minimum atomic E-state index is 0.415. The van der Waals surface area contributed by atoms with Crippen LogP contribution in [0.4, 0.5) is 0 Å². The molecule has 0 radical (unpaired) electrons. The van der Waals surface area contributed by atoms with Crippen LogP contribution in [0.15, 0.2) is 18.5 Å². The highest BCUT2D eigenvalue weighted by Gasteiger charge is 2.30. The summed E-state index contributed by atoms with van der Waals surface area (Å²) in [6, 6.07) is 1.96. The van der Waals surface area contributed by atoms with Crippen molar-refractivity contribution in [3.05, 3.63) is 35.1 Å². The summed E-state index contributed by atoms with van der Waals surface area (Å²) in [5.41, 5.74) is 2.10. The summed E-state index contributed by atoms with van der Waals surface area (Å²) in [5, 5.41) is 8.51. The lowest BCUT2D eigenvalue weighted by Crippen LogP contribution is -2.02. The van der Waals surface area contributed by atoms with Crippen LogP contribution in [0.2, 0.25) is 5.28 Å². The smallest absolute Gasteiger partial charge is 0.229 e. The highest BCUT2D eigenvalue weighted by molar-refractivity contribution is 6.28. The monoisotopic (exact) mass is 234 g/mol. The topological polar surface area (TPSA) is 43.6 Å². The standard InChI is InChI=1S/C11H11ClN4/c1-7-4-5-13-6-9(7)16-10(8-2-3-8)14-15-11(16)12/h4-6,8H,2-3H2,1H3. The number of rotatable bonds is 2. The molecular weight excluding hydrogens is 224 g/mol. The predicted octanol–water partition coefficient (Wildman–Crippen LogP) is 2.50. The highest BCUT2D eigenvalue weighted by atomic mass is 35.5. The van der Waals surface area contributed by atoms with Crippen LogP contribution in [0, 0.1) is 6.92 Å². The Morgan fingerprint density at radius 3 is 2.88 bits per heavy atom. The average molecular weight is 235 g/mol. The number of aromatic nitrogens is 4. The van der Waals surface area contributed by atoms with Crippen molar-refractivity contribution in [3.8, 4) is 5.69 Å². The fourth-order valence-corrected chi connectivity index (χ4v) is 2.01. The lowest BCUT2D eigenvalue weighted by atomic mass is 10.2. The fraction of sp³-hybridized carbons (Fsp3) is 0.364. The first kappa shape index (κ1) is 9.78. The van der Waals surface area contributed by atoms with Crippen LogP contribution in [0.5, 0.6) is 0 Å². The van der Waals surface area contributed by atoms with Gasteiger partial charge in [-0.3, -0.25) is 9.55 Å². The summed E-state index contributed by atoms with van der Waals surface area (Å²) < 4.78 is 1.90. The summed E-state index contributed by atoms with van der Waals surface area (Å²) in [7, 11) is 0. The van der Waals surface area contributed by atoms with Crippen molar-refractivity contribution in [2.75, 3.05) is 0 Å². The van der Waals surface area contributed by atoms with E-state index in [-0.39, 0.29) is 0 Å². The Morgan fingerprint density at radius 2 is 2.19 bits per heavy atom. The molecule has 5 heteroatoms. The van der Waals surface area contributed by atoms with Crippen LogP contribution in [0.3, 0.4) is 0 Å². The number of hydrogen-bond donors (Lipinski definition) is 0. The molecule has 3 rings (SSSR count). The summed E-state index contributed by atoms with van der Waals surface area (Å²) >= 11 is 6.08. The molecule has 2 heterocycles. The molecule has 82 valence electrons. The normalized spacial score (nSPS) is 15.4. The van der Waals surface area contributed by atoms with Gasteiger partial charge in [0.2, 0.25) is 5.28 Å². The van der Waals surface area contributed by atoms with Crippen molar-refractivity contribution in [2.24, 2.45) is 0 Å². The molecule has 0 amide bonds. The molecule has 1 aliphatic rings. The number of hydrogen-bond acceptors (Lipinski definition) is 3. The zero-order chi connectivity index (χ0) is 11.1. The van der Waals surface area contributed by atoms with Gasteiger partial charge in [-0.15, -0.1) is 10.2 Å². The second kappa shape index (κ2) is 3.56. The molecule has 1 saturated carbocycles. The van der Waals surface area contributed by atoms with Gasteiger partial charge in [-0.2, -0.15) is 0 Å². The van der Waals surface area contributed by atoms with Gasteiger partial charge in [0.25, 0.3) is 0 Å². The van der Waals surface area contributed by atoms with Crippen molar-refractivity contribution in [1.29, 1.82) is 0 Å². The van der Waals surface area contributed by atoms with Crippen LogP contribution in [-0.4, -0.2) is 19.7 Å². The summed E-state index contributed by atoms with van der Waals surface area (Å²) in [6.45, 7) is 2.03. The van der Waals surface area contributed by atoms with E-state index < -0.39 is 0 Å². The van der Waals surface area contributed by atoms with Gasteiger partial charge in [-0.1, -0.05) is 0 Å². The molecule has 0 aliphatic heterocycles. The highest BCUT2D eigenvalue weighted by Crippen LogP contribution is 2.40. The Morgan fingerprint density at radius 1 is 1.38 bits per heavy atom. The van der Waals surface area contributed by atoms with Crippen LogP contribution in [0.25, 0.3) is 5.69 Å². The molecule has 16 heavy (non-hydrogen) atoms. The molecular formula is C11H11ClN4. The quantitative estimate of drug-likeness (QED) is 0.802. The molecule has 0 N–H and O–H groups in total. The molecule has 1 fully saturated rings. The van der Waals surface area contributed by atoms with Crippen LogP contribution in [-0.2, 0) is 0 Å². The molecule has 2 aromatic heterocycles. The van der Waals surface area contributed by atoms with Crippen molar-refractivity contribution >= 4 is 11.6 Å². The van der Waals surface area contributed by atoms with E-state index >= 15 is 0 Å². The first-order valence-corrected chi connectivity index (χ1v) is 5.67. The lowest BCUT2D eigenvalue weighted by Gasteiger charge is -2.09. The summed E-state index contributed by atoms with van der Waals surface area (Å²) in [4.78, 5) is 4.13. The SMILES string of the molecule is Cc1ccncc1-n1c(Cl)nnc1C1CC1.